The van der Waals surface area contributed by atoms with Crippen molar-refractivity contribution in [3.8, 4) is 5.69 Å². The average molecular weight is 279 g/mol. The molecule has 0 amide bonds. The number of anilines is 1. The smallest absolute Gasteiger partial charge is 0.153 e. The number of nitrogens with one attached hydrogen (secondary N) is 1. The molecule has 0 fully saturated rings. The van der Waals surface area contributed by atoms with E-state index in [1.807, 2.05) is 28.9 Å². The third-order valence-corrected chi connectivity index (χ3v) is 3.17. The summed E-state index contributed by atoms with van der Waals surface area (Å²) < 4.78 is 2.91. The highest BCUT2D eigenvalue weighted by molar-refractivity contribution is 9.10. The zero-order valence-corrected chi connectivity index (χ0v) is 10.2. The molecule has 0 spiro atoms. The number of nitrogens with zero attached hydrogens (tertiary/aromatic N) is 3. The highest BCUT2D eigenvalue weighted by Crippen LogP contribution is 2.23. The van der Waals surface area contributed by atoms with Gasteiger partial charge in [0.25, 0.3) is 0 Å². The highest BCUT2D eigenvalue weighted by Gasteiger charge is 2.17. The Bertz CT molecular complexity index is 520. The number of aryl methyl sites for hydroxylation is 1. The Kier molecular flexibility index (Phi) is 2.40. The van der Waals surface area contributed by atoms with Gasteiger partial charge in [0.15, 0.2) is 5.82 Å². The lowest BCUT2D eigenvalue weighted by molar-refractivity contribution is 0.799. The van der Waals surface area contributed by atoms with Crippen LogP contribution in [0.5, 0.6) is 0 Å². The highest BCUT2D eigenvalue weighted by atomic mass is 79.9. The molecule has 2 heterocycles. The summed E-state index contributed by atoms with van der Waals surface area (Å²) in [7, 11) is 0. The van der Waals surface area contributed by atoms with Crippen molar-refractivity contribution in [2.24, 2.45) is 0 Å². The maximum Gasteiger partial charge on any atom is 0.153 e. The van der Waals surface area contributed by atoms with Gasteiger partial charge in [-0.15, -0.1) is 5.10 Å². The van der Waals surface area contributed by atoms with Gasteiger partial charge in [-0.3, -0.25) is 0 Å². The first kappa shape index (κ1) is 9.84. The molecule has 4 nitrogen and oxygen atoms in total. The van der Waals surface area contributed by atoms with Crippen molar-refractivity contribution in [2.45, 2.75) is 12.8 Å². The maximum absolute atomic E-state index is 4.20. The lowest BCUT2D eigenvalue weighted by Gasteiger charge is -2.14. The van der Waals surface area contributed by atoms with E-state index in [0.29, 0.717) is 0 Å². The summed E-state index contributed by atoms with van der Waals surface area (Å²) in [6, 6.07) is 8.05. The third-order valence-electron chi connectivity index (χ3n) is 2.68. The molecule has 3 rings (SSSR count). The molecule has 0 aliphatic carbocycles. The van der Waals surface area contributed by atoms with Crippen LogP contribution in [0.3, 0.4) is 0 Å². The van der Waals surface area contributed by atoms with Crippen LogP contribution >= 0.6 is 15.9 Å². The number of hydrogen-bond acceptors (Lipinski definition) is 3. The third kappa shape index (κ3) is 1.61. The van der Waals surface area contributed by atoms with Gasteiger partial charge in [0, 0.05) is 11.0 Å². The van der Waals surface area contributed by atoms with Crippen LogP contribution in [0.1, 0.15) is 12.1 Å². The van der Waals surface area contributed by atoms with E-state index in [0.717, 1.165) is 41.1 Å². The van der Waals surface area contributed by atoms with Gasteiger partial charge >= 0.3 is 0 Å². The first-order chi connectivity index (χ1) is 7.84. The molecule has 0 bridgehead atoms. The second-order valence-electron chi connectivity index (χ2n) is 3.81. The van der Waals surface area contributed by atoms with Crippen LogP contribution in [0, 0.1) is 0 Å². The Morgan fingerprint density at radius 2 is 2.31 bits per heavy atom. The molecule has 5 heteroatoms. The molecule has 0 saturated heterocycles. The van der Waals surface area contributed by atoms with Gasteiger partial charge in [0.05, 0.1) is 5.69 Å². The lowest BCUT2D eigenvalue weighted by atomic mass is 10.2. The van der Waals surface area contributed by atoms with Crippen LogP contribution in [0.4, 0.5) is 5.82 Å². The molecule has 82 valence electrons. The van der Waals surface area contributed by atoms with Gasteiger partial charge in [-0.05, 0) is 31.0 Å². The van der Waals surface area contributed by atoms with E-state index in [2.05, 4.69) is 31.6 Å². The molecule has 1 aliphatic rings. The van der Waals surface area contributed by atoms with Crippen LogP contribution in [-0.2, 0) is 6.42 Å². The van der Waals surface area contributed by atoms with Gasteiger partial charge in [0.2, 0.25) is 0 Å². The summed E-state index contributed by atoms with van der Waals surface area (Å²) in [4.78, 5) is 0. The Labute approximate surface area is 102 Å². The molecule has 0 unspecified atom stereocenters. The molecule has 0 atom stereocenters. The van der Waals surface area contributed by atoms with Crippen LogP contribution in [-0.4, -0.2) is 21.5 Å². The van der Waals surface area contributed by atoms with Gasteiger partial charge in [0.1, 0.15) is 5.69 Å². The van der Waals surface area contributed by atoms with Crippen molar-refractivity contribution in [3.05, 3.63) is 34.4 Å². The second kappa shape index (κ2) is 3.90. The number of hydrogen-bond donors (Lipinski definition) is 1. The predicted molar refractivity (Wildman–Crippen MR) is 65.9 cm³/mol. The van der Waals surface area contributed by atoms with Crippen LogP contribution < -0.4 is 5.32 Å². The SMILES string of the molecule is Brc1cccc(-n2nnc3c2NCCC3)c1. The molecule has 16 heavy (non-hydrogen) atoms. The first-order valence-electron chi connectivity index (χ1n) is 5.29. The molecular weight excluding hydrogens is 268 g/mol. The van der Waals surface area contributed by atoms with Crippen molar-refractivity contribution in [3.63, 3.8) is 0 Å². The van der Waals surface area contributed by atoms with Crippen LogP contribution in [0.2, 0.25) is 0 Å². The monoisotopic (exact) mass is 278 g/mol. The summed E-state index contributed by atoms with van der Waals surface area (Å²) in [6.07, 6.45) is 2.14. The van der Waals surface area contributed by atoms with E-state index in [1.165, 1.54) is 0 Å². The van der Waals surface area contributed by atoms with Crippen molar-refractivity contribution >= 4 is 21.7 Å². The Balaban J connectivity index is 2.09. The Morgan fingerprint density at radius 3 is 3.19 bits per heavy atom. The molecule has 1 aromatic heterocycles. The number of rotatable bonds is 1. The zero-order chi connectivity index (χ0) is 11.0. The minimum Gasteiger partial charge on any atom is -0.368 e. The van der Waals surface area contributed by atoms with Gasteiger partial charge in [-0.2, -0.15) is 4.68 Å². The summed E-state index contributed by atoms with van der Waals surface area (Å²) in [6.45, 7) is 0.994. The van der Waals surface area contributed by atoms with E-state index in [4.69, 9.17) is 0 Å². The molecule has 1 aliphatic heterocycles. The number of fused-ring (bicyclic) bond motifs is 1. The molecule has 0 radical (unpaired) electrons. The quantitative estimate of drug-likeness (QED) is 0.871. The molecule has 1 N–H and O–H groups in total. The van der Waals surface area contributed by atoms with Crippen molar-refractivity contribution in [1.82, 2.24) is 15.0 Å². The van der Waals surface area contributed by atoms with Gasteiger partial charge in [-0.1, -0.05) is 27.2 Å². The minimum atomic E-state index is 0.994. The summed E-state index contributed by atoms with van der Waals surface area (Å²) >= 11 is 3.46. The standard InChI is InChI=1S/C11H11BrN4/c12-8-3-1-4-9(7-8)16-11-10(14-15-16)5-2-6-13-11/h1,3-4,7,13H,2,5-6H2. The maximum atomic E-state index is 4.20. The summed E-state index contributed by atoms with van der Waals surface area (Å²) in [5, 5.41) is 11.7. The van der Waals surface area contributed by atoms with E-state index in [1.54, 1.807) is 0 Å². The fourth-order valence-electron chi connectivity index (χ4n) is 1.91. The fourth-order valence-corrected chi connectivity index (χ4v) is 2.30. The summed E-state index contributed by atoms with van der Waals surface area (Å²) in [5.41, 5.74) is 2.09. The van der Waals surface area contributed by atoms with Gasteiger partial charge in [-0.25, -0.2) is 0 Å². The number of aromatic nitrogens is 3. The van der Waals surface area contributed by atoms with E-state index >= 15 is 0 Å². The lowest BCUT2D eigenvalue weighted by Crippen LogP contribution is -2.14. The summed E-state index contributed by atoms with van der Waals surface area (Å²) in [5.74, 6) is 1.03. The Hall–Kier alpha value is -1.36. The van der Waals surface area contributed by atoms with Gasteiger partial charge < -0.3 is 5.32 Å². The van der Waals surface area contributed by atoms with Crippen molar-refractivity contribution < 1.29 is 0 Å². The van der Waals surface area contributed by atoms with Crippen LogP contribution in [0.25, 0.3) is 5.69 Å². The van der Waals surface area contributed by atoms with Crippen molar-refractivity contribution in [1.29, 1.82) is 0 Å². The minimum absolute atomic E-state index is 0.994. The number of benzene rings is 1. The second-order valence-corrected chi connectivity index (χ2v) is 4.72. The molecule has 2 aromatic rings. The fraction of sp³-hybridized carbons (Fsp3) is 0.273. The largest absolute Gasteiger partial charge is 0.368 e. The van der Waals surface area contributed by atoms with E-state index < -0.39 is 0 Å². The van der Waals surface area contributed by atoms with Crippen LogP contribution in [0.15, 0.2) is 28.7 Å². The topological polar surface area (TPSA) is 42.7 Å². The predicted octanol–water partition coefficient (Wildman–Crippen LogP) is 2.39. The number of halogens is 1. The van der Waals surface area contributed by atoms with E-state index in [-0.39, 0.29) is 0 Å². The normalized spacial score (nSPS) is 14.3. The van der Waals surface area contributed by atoms with E-state index in [9.17, 15) is 0 Å². The average Bonchev–Trinajstić information content (AvgIpc) is 2.72. The molecular formula is C11H11BrN4. The Morgan fingerprint density at radius 1 is 1.38 bits per heavy atom. The molecule has 0 saturated carbocycles. The van der Waals surface area contributed by atoms with Crippen molar-refractivity contribution in [2.75, 3.05) is 11.9 Å². The molecule has 1 aromatic carbocycles. The zero-order valence-electron chi connectivity index (χ0n) is 8.65. The first-order valence-corrected chi connectivity index (χ1v) is 6.08.